The molecule has 19 heavy (non-hydrogen) atoms. The molecule has 0 aliphatic carbocycles. The first-order chi connectivity index (χ1) is 8.67. The van der Waals surface area contributed by atoms with Gasteiger partial charge in [0.25, 0.3) is 0 Å². The normalized spacial score (nSPS) is 25.4. The Balaban J connectivity index is 2.10. The quantitative estimate of drug-likeness (QED) is 0.422. The standard InChI is InChI=1S/C15H32O3Si/c1-12(10-13-14(11-16)18-13)8-7-9-17-19(5,6)15(2,3)4/h12-14,16H,7-11H2,1-6H3/t12-,13-,14-/m1/s1. The second-order valence-corrected chi connectivity index (χ2v) is 12.3. The fourth-order valence-electron chi connectivity index (χ4n) is 2.04. The first-order valence-corrected chi connectivity index (χ1v) is 10.5. The van der Waals surface area contributed by atoms with Crippen LogP contribution in [0, 0.1) is 5.92 Å². The molecule has 0 spiro atoms. The van der Waals surface area contributed by atoms with Gasteiger partial charge in [-0.15, -0.1) is 0 Å². The lowest BCUT2D eigenvalue weighted by atomic mass is 9.99. The predicted octanol–water partition coefficient (Wildman–Crippen LogP) is 3.57. The highest BCUT2D eigenvalue weighted by atomic mass is 28.4. The fraction of sp³-hybridized carbons (Fsp3) is 1.00. The molecule has 0 aromatic carbocycles. The number of hydrogen-bond donors (Lipinski definition) is 1. The Labute approximate surface area is 119 Å². The van der Waals surface area contributed by atoms with Crippen molar-refractivity contribution in [3.63, 3.8) is 0 Å². The number of epoxide rings is 1. The number of rotatable bonds is 8. The van der Waals surface area contributed by atoms with Gasteiger partial charge in [-0.1, -0.05) is 27.7 Å². The van der Waals surface area contributed by atoms with Gasteiger partial charge in [0.15, 0.2) is 8.32 Å². The van der Waals surface area contributed by atoms with Gasteiger partial charge in [0.1, 0.15) is 6.10 Å². The van der Waals surface area contributed by atoms with E-state index in [1.165, 1.54) is 6.42 Å². The summed E-state index contributed by atoms with van der Waals surface area (Å²) >= 11 is 0. The molecule has 1 fully saturated rings. The average Bonchev–Trinajstić information content (AvgIpc) is 3.01. The number of aliphatic hydroxyl groups excluding tert-OH is 1. The molecule has 1 rings (SSSR count). The van der Waals surface area contributed by atoms with Gasteiger partial charge in [0, 0.05) is 6.61 Å². The largest absolute Gasteiger partial charge is 0.417 e. The SMILES string of the molecule is C[C@H](CCCO[Si](C)(C)C(C)(C)C)C[C@H]1O[C@@H]1CO. The van der Waals surface area contributed by atoms with Crippen LogP contribution < -0.4 is 0 Å². The maximum atomic E-state index is 8.93. The Morgan fingerprint density at radius 1 is 1.26 bits per heavy atom. The minimum atomic E-state index is -1.57. The maximum Gasteiger partial charge on any atom is 0.191 e. The van der Waals surface area contributed by atoms with Crippen LogP contribution in [0.4, 0.5) is 0 Å². The molecule has 4 heteroatoms. The molecule has 0 radical (unpaired) electrons. The second-order valence-electron chi connectivity index (χ2n) is 7.49. The smallest absolute Gasteiger partial charge is 0.191 e. The summed E-state index contributed by atoms with van der Waals surface area (Å²) in [6, 6.07) is 0. The first-order valence-electron chi connectivity index (χ1n) is 7.57. The van der Waals surface area contributed by atoms with Gasteiger partial charge in [0.2, 0.25) is 0 Å². The maximum absolute atomic E-state index is 8.93. The Hall–Kier alpha value is 0.0969. The summed E-state index contributed by atoms with van der Waals surface area (Å²) in [5.41, 5.74) is 0. The fourth-order valence-corrected chi connectivity index (χ4v) is 3.12. The minimum absolute atomic E-state index is 0.117. The molecule has 0 saturated carbocycles. The van der Waals surface area contributed by atoms with E-state index < -0.39 is 8.32 Å². The van der Waals surface area contributed by atoms with Gasteiger partial charge in [0.05, 0.1) is 12.7 Å². The van der Waals surface area contributed by atoms with Crippen molar-refractivity contribution in [1.82, 2.24) is 0 Å². The van der Waals surface area contributed by atoms with Gasteiger partial charge < -0.3 is 14.3 Å². The van der Waals surface area contributed by atoms with Crippen LogP contribution >= 0.6 is 0 Å². The van der Waals surface area contributed by atoms with Gasteiger partial charge in [-0.3, -0.25) is 0 Å². The highest BCUT2D eigenvalue weighted by Gasteiger charge is 2.39. The lowest BCUT2D eigenvalue weighted by Gasteiger charge is -2.36. The molecule has 0 unspecified atom stereocenters. The summed E-state index contributed by atoms with van der Waals surface area (Å²) in [5, 5.41) is 9.23. The van der Waals surface area contributed by atoms with Crippen LogP contribution in [-0.2, 0) is 9.16 Å². The van der Waals surface area contributed by atoms with Crippen molar-refractivity contribution in [2.24, 2.45) is 5.92 Å². The minimum Gasteiger partial charge on any atom is -0.417 e. The van der Waals surface area contributed by atoms with Gasteiger partial charge in [-0.25, -0.2) is 0 Å². The van der Waals surface area contributed by atoms with Crippen molar-refractivity contribution >= 4 is 8.32 Å². The molecule has 114 valence electrons. The zero-order chi connectivity index (χ0) is 14.7. The van der Waals surface area contributed by atoms with Crippen molar-refractivity contribution in [2.75, 3.05) is 13.2 Å². The van der Waals surface area contributed by atoms with Crippen LogP contribution in [0.3, 0.4) is 0 Å². The molecular weight excluding hydrogens is 256 g/mol. The van der Waals surface area contributed by atoms with E-state index in [2.05, 4.69) is 40.8 Å². The summed E-state index contributed by atoms with van der Waals surface area (Å²) in [6.45, 7) is 14.8. The van der Waals surface area contributed by atoms with Crippen molar-refractivity contribution < 1.29 is 14.3 Å². The molecule has 0 amide bonds. The van der Waals surface area contributed by atoms with E-state index >= 15 is 0 Å². The highest BCUT2D eigenvalue weighted by Crippen LogP contribution is 2.36. The number of ether oxygens (including phenoxy) is 1. The number of aliphatic hydroxyl groups is 1. The Morgan fingerprint density at radius 3 is 2.37 bits per heavy atom. The lowest BCUT2D eigenvalue weighted by molar-refractivity contribution is 0.239. The van der Waals surface area contributed by atoms with E-state index in [4.69, 9.17) is 14.3 Å². The molecule has 0 aromatic heterocycles. The zero-order valence-electron chi connectivity index (χ0n) is 13.5. The molecule has 1 heterocycles. The van der Waals surface area contributed by atoms with Crippen LogP contribution in [0.2, 0.25) is 18.1 Å². The van der Waals surface area contributed by atoms with E-state index in [-0.39, 0.29) is 12.7 Å². The van der Waals surface area contributed by atoms with E-state index in [9.17, 15) is 0 Å². The van der Waals surface area contributed by atoms with Gasteiger partial charge >= 0.3 is 0 Å². The predicted molar refractivity (Wildman–Crippen MR) is 81.9 cm³/mol. The van der Waals surface area contributed by atoms with Crippen molar-refractivity contribution in [3.05, 3.63) is 0 Å². The van der Waals surface area contributed by atoms with Crippen LogP contribution in [0.15, 0.2) is 0 Å². The molecular formula is C15H32O3Si. The van der Waals surface area contributed by atoms with Gasteiger partial charge in [-0.05, 0) is 43.3 Å². The monoisotopic (exact) mass is 288 g/mol. The molecule has 1 aliphatic rings. The average molecular weight is 289 g/mol. The summed E-state index contributed by atoms with van der Waals surface area (Å²) in [6.07, 6.45) is 3.81. The highest BCUT2D eigenvalue weighted by molar-refractivity contribution is 6.74. The summed E-state index contributed by atoms with van der Waals surface area (Å²) < 4.78 is 11.5. The summed E-state index contributed by atoms with van der Waals surface area (Å²) in [7, 11) is -1.57. The van der Waals surface area contributed by atoms with Crippen LogP contribution in [0.25, 0.3) is 0 Å². The van der Waals surface area contributed by atoms with Crippen LogP contribution in [0.1, 0.15) is 47.0 Å². The molecule has 3 atom stereocenters. The Kier molecular flexibility index (Phi) is 6.05. The van der Waals surface area contributed by atoms with E-state index in [0.29, 0.717) is 17.1 Å². The Bertz CT molecular complexity index is 273. The summed E-state index contributed by atoms with van der Waals surface area (Å²) in [4.78, 5) is 0. The Morgan fingerprint density at radius 2 is 1.89 bits per heavy atom. The van der Waals surface area contributed by atoms with Crippen molar-refractivity contribution in [2.45, 2.75) is 77.3 Å². The van der Waals surface area contributed by atoms with Crippen LogP contribution in [0.5, 0.6) is 0 Å². The van der Waals surface area contributed by atoms with Crippen molar-refractivity contribution in [3.8, 4) is 0 Å². The van der Waals surface area contributed by atoms with Gasteiger partial charge in [-0.2, -0.15) is 0 Å². The zero-order valence-corrected chi connectivity index (χ0v) is 14.5. The van der Waals surface area contributed by atoms with Crippen LogP contribution in [-0.4, -0.2) is 38.8 Å². The molecule has 1 saturated heterocycles. The third-order valence-electron chi connectivity index (χ3n) is 4.61. The molecule has 3 nitrogen and oxygen atoms in total. The second kappa shape index (κ2) is 6.70. The van der Waals surface area contributed by atoms with E-state index in [0.717, 1.165) is 19.4 Å². The van der Waals surface area contributed by atoms with Crippen molar-refractivity contribution in [1.29, 1.82) is 0 Å². The number of hydrogen-bond acceptors (Lipinski definition) is 3. The molecule has 0 bridgehead atoms. The topological polar surface area (TPSA) is 42.0 Å². The summed E-state index contributed by atoms with van der Waals surface area (Å²) in [5.74, 6) is 0.657. The lowest BCUT2D eigenvalue weighted by Crippen LogP contribution is -2.41. The molecule has 1 N–H and O–H groups in total. The first kappa shape index (κ1) is 17.1. The van der Waals surface area contributed by atoms with E-state index in [1.54, 1.807) is 0 Å². The van der Waals surface area contributed by atoms with E-state index in [1.807, 2.05) is 0 Å². The molecule has 1 aliphatic heterocycles. The molecule has 0 aromatic rings. The third kappa shape index (κ3) is 5.54. The third-order valence-corrected chi connectivity index (χ3v) is 9.15.